The van der Waals surface area contributed by atoms with Gasteiger partial charge >= 0.3 is 0 Å². The minimum Gasteiger partial charge on any atom is -0.340 e. The fourth-order valence-electron chi connectivity index (χ4n) is 4.32. The molecule has 5 rings (SSSR count). The number of nitriles is 1. The smallest absolute Gasteiger partial charge is 0.264 e. The number of nitrogens with zero attached hydrogens (tertiary/aromatic N) is 3. The Morgan fingerprint density at radius 2 is 1.80 bits per heavy atom. The van der Waals surface area contributed by atoms with Crippen LogP contribution in [0.15, 0.2) is 82.7 Å². The van der Waals surface area contributed by atoms with E-state index in [1.54, 1.807) is 0 Å². The number of para-hydroxylation sites is 1. The molecule has 0 radical (unpaired) electrons. The molecule has 0 bridgehead atoms. The van der Waals surface area contributed by atoms with Gasteiger partial charge in [0.2, 0.25) is 0 Å². The second-order valence-electron chi connectivity index (χ2n) is 8.37. The van der Waals surface area contributed by atoms with Gasteiger partial charge in [0.1, 0.15) is 0 Å². The first kappa shape index (κ1) is 22.7. The molecule has 2 heterocycles. The molecule has 4 aromatic rings. The third kappa shape index (κ3) is 4.51. The Morgan fingerprint density at radius 3 is 2.57 bits per heavy atom. The van der Waals surface area contributed by atoms with E-state index < -0.39 is 0 Å². The van der Waals surface area contributed by atoms with E-state index in [0.717, 1.165) is 39.8 Å². The van der Waals surface area contributed by atoms with E-state index in [1.165, 1.54) is 17.3 Å². The Hall–Kier alpha value is -4.08. The van der Waals surface area contributed by atoms with E-state index >= 15 is 0 Å². The van der Waals surface area contributed by atoms with Gasteiger partial charge in [0.15, 0.2) is 5.17 Å². The third-order valence-corrected chi connectivity index (χ3v) is 7.16. The van der Waals surface area contributed by atoms with Gasteiger partial charge in [0.25, 0.3) is 5.91 Å². The summed E-state index contributed by atoms with van der Waals surface area (Å²) in [5.74, 6) is -0.148. The van der Waals surface area contributed by atoms with Gasteiger partial charge in [-0.15, -0.1) is 0 Å². The molecule has 1 aromatic heterocycles. The number of nitrogens with one attached hydrogen (secondary N) is 1. The summed E-state index contributed by atoms with van der Waals surface area (Å²) in [5.41, 5.74) is 6.81. The molecule has 1 saturated heterocycles. The lowest BCUT2D eigenvalue weighted by Crippen LogP contribution is -2.19. The number of hydrogen-bond donors (Lipinski definition) is 1. The van der Waals surface area contributed by atoms with Crippen LogP contribution in [0.5, 0.6) is 0 Å². The molecule has 1 N–H and O–H groups in total. The Morgan fingerprint density at radius 1 is 1.06 bits per heavy atom. The molecule has 172 valence electrons. The molecule has 5 nitrogen and oxygen atoms in total. The highest BCUT2D eigenvalue weighted by Crippen LogP contribution is 2.33. The molecule has 1 aliphatic heterocycles. The quantitative estimate of drug-likeness (QED) is 0.343. The monoisotopic (exact) mass is 476 g/mol. The van der Waals surface area contributed by atoms with E-state index in [2.05, 4.69) is 59.1 Å². The summed E-state index contributed by atoms with van der Waals surface area (Å²) in [7, 11) is 0. The molecule has 0 aliphatic carbocycles. The first-order valence-electron chi connectivity index (χ1n) is 11.5. The lowest BCUT2D eigenvalue weighted by molar-refractivity contribution is -0.115. The predicted molar refractivity (Wildman–Crippen MR) is 144 cm³/mol. The zero-order valence-electron chi connectivity index (χ0n) is 19.6. The Kier molecular flexibility index (Phi) is 6.26. The maximum absolute atomic E-state index is 12.8. The number of carbonyl (C=O) groups is 1. The third-order valence-electron chi connectivity index (χ3n) is 6.25. The fourth-order valence-corrected chi connectivity index (χ4v) is 5.14. The predicted octanol–water partition coefficient (Wildman–Crippen LogP) is 6.32. The molecule has 35 heavy (non-hydrogen) atoms. The van der Waals surface area contributed by atoms with Gasteiger partial charge < -0.3 is 9.88 Å². The van der Waals surface area contributed by atoms with Crippen molar-refractivity contribution in [2.75, 3.05) is 0 Å². The normalized spacial score (nSPS) is 15.6. The average Bonchev–Trinajstić information content (AvgIpc) is 3.36. The van der Waals surface area contributed by atoms with Crippen molar-refractivity contribution in [3.8, 4) is 6.07 Å². The van der Waals surface area contributed by atoms with Crippen molar-refractivity contribution >= 4 is 45.5 Å². The molecule has 0 atom stereocenters. The van der Waals surface area contributed by atoms with Crippen molar-refractivity contribution in [2.45, 2.75) is 26.8 Å². The number of benzene rings is 3. The van der Waals surface area contributed by atoms with Gasteiger partial charge in [0.05, 0.1) is 22.2 Å². The van der Waals surface area contributed by atoms with Crippen LogP contribution in [0.3, 0.4) is 0 Å². The van der Waals surface area contributed by atoms with Gasteiger partial charge in [-0.3, -0.25) is 4.79 Å². The van der Waals surface area contributed by atoms with Crippen molar-refractivity contribution < 1.29 is 4.79 Å². The first-order chi connectivity index (χ1) is 17.1. The Labute approximate surface area is 208 Å². The number of thioether (sulfide) groups is 1. The first-order valence-corrected chi connectivity index (χ1v) is 12.3. The fraction of sp³-hybridized carbons (Fsp3) is 0.138. The van der Waals surface area contributed by atoms with Crippen LogP contribution < -0.4 is 5.32 Å². The summed E-state index contributed by atoms with van der Waals surface area (Å²) in [6.07, 6.45) is 2.93. The van der Waals surface area contributed by atoms with E-state index in [-0.39, 0.29) is 5.91 Å². The Bertz CT molecular complexity index is 1540. The molecule has 0 unspecified atom stereocenters. The molecule has 1 amide bonds. The highest BCUT2D eigenvalue weighted by molar-refractivity contribution is 8.18. The van der Waals surface area contributed by atoms with Crippen molar-refractivity contribution in [3.05, 3.63) is 106 Å². The second kappa shape index (κ2) is 9.65. The van der Waals surface area contributed by atoms with Gasteiger partial charge in [-0.1, -0.05) is 55.5 Å². The van der Waals surface area contributed by atoms with Crippen molar-refractivity contribution in [2.24, 2.45) is 4.99 Å². The van der Waals surface area contributed by atoms with Gasteiger partial charge in [-0.05, 0) is 66.6 Å². The maximum atomic E-state index is 12.8. The van der Waals surface area contributed by atoms with Crippen LogP contribution in [0.25, 0.3) is 17.0 Å². The molecule has 1 aliphatic rings. The summed E-state index contributed by atoms with van der Waals surface area (Å²) in [6, 6.07) is 26.2. The number of rotatable bonds is 5. The van der Waals surface area contributed by atoms with E-state index in [1.807, 2.05) is 54.6 Å². The topological polar surface area (TPSA) is 70.2 Å². The van der Waals surface area contributed by atoms with Crippen LogP contribution in [0.4, 0.5) is 5.69 Å². The van der Waals surface area contributed by atoms with E-state index in [0.29, 0.717) is 22.2 Å². The zero-order chi connectivity index (χ0) is 24.4. The highest BCUT2D eigenvalue weighted by Gasteiger charge is 2.25. The summed E-state index contributed by atoms with van der Waals surface area (Å²) in [5, 5.41) is 14.1. The van der Waals surface area contributed by atoms with Crippen LogP contribution in [0.1, 0.15) is 34.9 Å². The molecular formula is C29H24N4OS. The molecular weight excluding hydrogens is 452 g/mol. The van der Waals surface area contributed by atoms with E-state index in [9.17, 15) is 10.1 Å². The van der Waals surface area contributed by atoms with Gasteiger partial charge in [0, 0.05) is 28.7 Å². The molecule has 0 spiro atoms. The zero-order valence-corrected chi connectivity index (χ0v) is 20.4. The van der Waals surface area contributed by atoms with Gasteiger partial charge in [-0.25, -0.2) is 4.99 Å². The number of hydrogen-bond acceptors (Lipinski definition) is 4. The molecule has 0 saturated carbocycles. The van der Waals surface area contributed by atoms with Crippen LogP contribution in [-0.2, 0) is 17.8 Å². The highest BCUT2D eigenvalue weighted by atomic mass is 32.2. The summed E-state index contributed by atoms with van der Waals surface area (Å²) in [4.78, 5) is 18.0. The Balaban J connectivity index is 1.51. The van der Waals surface area contributed by atoms with Gasteiger partial charge in [-0.2, -0.15) is 5.26 Å². The number of carbonyl (C=O) groups excluding carboxylic acids is 1. The number of amidine groups is 1. The minimum absolute atomic E-state index is 0.148. The lowest BCUT2D eigenvalue weighted by atomic mass is 10.1. The van der Waals surface area contributed by atoms with Crippen molar-refractivity contribution in [1.82, 2.24) is 9.88 Å². The standard InChI is InChI=1S/C29H24N4OS/c1-3-20-12-14-23(15-13-20)31-29-32-28(34)27(35-29)16-25-19(2)33(26-11-7-6-10-24(25)26)18-22-9-5-4-8-21(22)17-30/h4-16H,3,18H2,1-2H3,(H,31,32,34). The molecule has 3 aromatic carbocycles. The molecule has 1 fully saturated rings. The number of aryl methyl sites for hydroxylation is 1. The average molecular weight is 477 g/mol. The van der Waals surface area contributed by atoms with E-state index in [4.69, 9.17) is 0 Å². The summed E-state index contributed by atoms with van der Waals surface area (Å²) >= 11 is 1.35. The SMILES string of the molecule is CCc1ccc(N=C2NC(=O)C(=Cc3c(C)n(Cc4ccccc4C#N)c4ccccc34)S2)cc1. The minimum atomic E-state index is -0.148. The number of aliphatic imine (C=N–C) groups is 1. The van der Waals surface area contributed by atoms with Crippen molar-refractivity contribution in [3.63, 3.8) is 0 Å². The summed E-state index contributed by atoms with van der Waals surface area (Å²) < 4.78 is 2.21. The van der Waals surface area contributed by atoms with Crippen molar-refractivity contribution in [1.29, 1.82) is 5.26 Å². The number of fused-ring (bicyclic) bond motifs is 1. The van der Waals surface area contributed by atoms with Crippen LogP contribution in [-0.4, -0.2) is 15.6 Å². The summed E-state index contributed by atoms with van der Waals surface area (Å²) in [6.45, 7) is 4.76. The van der Waals surface area contributed by atoms with Crippen LogP contribution in [0.2, 0.25) is 0 Å². The lowest BCUT2D eigenvalue weighted by Gasteiger charge is -2.10. The maximum Gasteiger partial charge on any atom is 0.264 e. The van der Waals surface area contributed by atoms with Crippen LogP contribution in [0, 0.1) is 18.3 Å². The number of aromatic nitrogens is 1. The number of amides is 1. The van der Waals surface area contributed by atoms with Crippen LogP contribution >= 0.6 is 11.8 Å². The largest absolute Gasteiger partial charge is 0.340 e. The second-order valence-corrected chi connectivity index (χ2v) is 9.40. The molecule has 6 heteroatoms.